The molecule has 102 valence electrons. The molecule has 3 unspecified atom stereocenters. The van der Waals surface area contributed by atoms with Crippen molar-refractivity contribution in [1.29, 1.82) is 0 Å². The molecule has 3 atom stereocenters. The van der Waals surface area contributed by atoms with Gasteiger partial charge in [0, 0.05) is 13.1 Å². The summed E-state index contributed by atoms with van der Waals surface area (Å²) in [7, 11) is 0. The molecule has 0 aromatic heterocycles. The Morgan fingerprint density at radius 1 is 0.850 bits per heavy atom. The van der Waals surface area contributed by atoms with Crippen LogP contribution in [0.15, 0.2) is 54.6 Å². The van der Waals surface area contributed by atoms with E-state index in [0.717, 1.165) is 11.8 Å². The Kier molecular flexibility index (Phi) is 3.08. The highest BCUT2D eigenvalue weighted by atomic mass is 15.2. The summed E-state index contributed by atoms with van der Waals surface area (Å²) in [5, 5.41) is 0. The monoisotopic (exact) mass is 263 g/mol. The first-order valence-electron chi connectivity index (χ1n) is 7.75. The van der Waals surface area contributed by atoms with E-state index >= 15 is 0 Å². The summed E-state index contributed by atoms with van der Waals surface area (Å²) in [5.74, 6) is 1.86. The van der Waals surface area contributed by atoms with Crippen molar-refractivity contribution in [2.75, 3.05) is 19.6 Å². The van der Waals surface area contributed by atoms with E-state index in [1.807, 2.05) is 0 Å². The summed E-state index contributed by atoms with van der Waals surface area (Å²) in [6.07, 6.45) is 2.68. The van der Waals surface area contributed by atoms with Gasteiger partial charge in [0.15, 0.2) is 0 Å². The quantitative estimate of drug-likeness (QED) is 0.813. The fourth-order valence-electron chi connectivity index (χ4n) is 3.89. The molecule has 0 aliphatic carbocycles. The predicted octanol–water partition coefficient (Wildman–Crippen LogP) is 3.85. The standard InChI is InChI=1S/C19H21N/c1-2-4-16(5-3-1)17-8-6-15(7-9-17)12-19-14-20-11-10-18(19)13-20/h1-9,18-19H,10-14H2. The van der Waals surface area contributed by atoms with E-state index < -0.39 is 0 Å². The van der Waals surface area contributed by atoms with Crippen LogP contribution in [0, 0.1) is 11.8 Å². The Hall–Kier alpha value is -1.60. The molecule has 0 N–H and O–H groups in total. The summed E-state index contributed by atoms with van der Waals surface area (Å²) in [5.41, 5.74) is 4.14. The molecule has 1 heteroatoms. The third kappa shape index (κ3) is 2.27. The fraction of sp³-hybridized carbons (Fsp3) is 0.368. The molecule has 2 fully saturated rings. The van der Waals surface area contributed by atoms with Gasteiger partial charge in [-0.2, -0.15) is 0 Å². The van der Waals surface area contributed by atoms with Crippen molar-refractivity contribution in [1.82, 2.24) is 4.90 Å². The molecule has 4 rings (SSSR count). The van der Waals surface area contributed by atoms with Gasteiger partial charge in [0.05, 0.1) is 0 Å². The molecule has 2 aromatic rings. The van der Waals surface area contributed by atoms with Crippen LogP contribution in [0.4, 0.5) is 0 Å². The minimum Gasteiger partial charge on any atom is -0.303 e. The molecule has 0 radical (unpaired) electrons. The predicted molar refractivity (Wildman–Crippen MR) is 83.6 cm³/mol. The van der Waals surface area contributed by atoms with Gasteiger partial charge in [-0.3, -0.25) is 0 Å². The SMILES string of the molecule is c1ccc(-c2ccc(CC3CN4CCC3C4)cc2)cc1. The molecule has 2 aliphatic rings. The highest BCUT2D eigenvalue weighted by Crippen LogP contribution is 2.35. The maximum atomic E-state index is 2.63. The first-order valence-corrected chi connectivity index (χ1v) is 7.75. The van der Waals surface area contributed by atoms with Gasteiger partial charge in [-0.1, -0.05) is 54.6 Å². The van der Waals surface area contributed by atoms with Gasteiger partial charge >= 0.3 is 0 Å². The summed E-state index contributed by atoms with van der Waals surface area (Å²) in [6.45, 7) is 4.02. The average Bonchev–Trinajstić information content (AvgIpc) is 3.12. The smallest absolute Gasteiger partial charge is 0.00161 e. The number of nitrogens with zero attached hydrogens (tertiary/aromatic N) is 1. The topological polar surface area (TPSA) is 3.24 Å². The minimum absolute atomic E-state index is 0.895. The Morgan fingerprint density at radius 3 is 2.25 bits per heavy atom. The molecule has 0 saturated carbocycles. The molecule has 2 aliphatic heterocycles. The van der Waals surface area contributed by atoms with Crippen LogP contribution in [0.25, 0.3) is 11.1 Å². The molecule has 20 heavy (non-hydrogen) atoms. The maximum Gasteiger partial charge on any atom is 0.00161 e. The molecule has 0 amide bonds. The largest absolute Gasteiger partial charge is 0.303 e. The molecule has 2 aromatic carbocycles. The van der Waals surface area contributed by atoms with Crippen molar-refractivity contribution in [2.45, 2.75) is 12.8 Å². The first-order chi connectivity index (χ1) is 9.88. The van der Waals surface area contributed by atoms with Crippen LogP contribution in [0.3, 0.4) is 0 Å². The maximum absolute atomic E-state index is 2.63. The molecule has 1 nitrogen and oxygen atoms in total. The normalized spacial score (nSPS) is 27.9. The van der Waals surface area contributed by atoms with Crippen molar-refractivity contribution in [3.8, 4) is 11.1 Å². The zero-order valence-corrected chi connectivity index (χ0v) is 11.8. The second-order valence-corrected chi connectivity index (χ2v) is 6.34. The van der Waals surface area contributed by atoms with Gasteiger partial charge in [0.2, 0.25) is 0 Å². The summed E-state index contributed by atoms with van der Waals surface area (Å²) in [6, 6.07) is 19.8. The van der Waals surface area contributed by atoms with E-state index in [2.05, 4.69) is 59.5 Å². The summed E-state index contributed by atoms with van der Waals surface area (Å²) >= 11 is 0. The Balaban J connectivity index is 1.48. The van der Waals surface area contributed by atoms with Gasteiger partial charge in [0.1, 0.15) is 0 Å². The number of hydrogen-bond donors (Lipinski definition) is 0. The van der Waals surface area contributed by atoms with Crippen LogP contribution >= 0.6 is 0 Å². The van der Waals surface area contributed by atoms with Crippen molar-refractivity contribution < 1.29 is 0 Å². The third-order valence-corrected chi connectivity index (χ3v) is 5.03. The number of piperidine rings is 1. The van der Waals surface area contributed by atoms with Crippen LogP contribution in [0.2, 0.25) is 0 Å². The zero-order valence-electron chi connectivity index (χ0n) is 11.8. The average molecular weight is 263 g/mol. The molecule has 2 heterocycles. The van der Waals surface area contributed by atoms with Crippen LogP contribution in [0.5, 0.6) is 0 Å². The van der Waals surface area contributed by atoms with Crippen molar-refractivity contribution in [2.24, 2.45) is 11.8 Å². The summed E-state index contributed by atoms with van der Waals surface area (Å²) < 4.78 is 0. The first kappa shape index (κ1) is 12.2. The molecule has 0 spiro atoms. The fourth-order valence-corrected chi connectivity index (χ4v) is 3.89. The number of benzene rings is 2. The van der Waals surface area contributed by atoms with Crippen LogP contribution in [-0.2, 0) is 6.42 Å². The van der Waals surface area contributed by atoms with E-state index in [9.17, 15) is 0 Å². The van der Waals surface area contributed by atoms with E-state index in [4.69, 9.17) is 0 Å². The zero-order chi connectivity index (χ0) is 13.4. The molecule has 2 bridgehead atoms. The van der Waals surface area contributed by atoms with Gasteiger partial charge in [0.25, 0.3) is 0 Å². The Morgan fingerprint density at radius 2 is 1.60 bits per heavy atom. The van der Waals surface area contributed by atoms with Gasteiger partial charge in [-0.05, 0) is 47.9 Å². The lowest BCUT2D eigenvalue weighted by Crippen LogP contribution is -2.24. The lowest BCUT2D eigenvalue weighted by molar-refractivity contribution is 0.300. The highest BCUT2D eigenvalue weighted by molar-refractivity contribution is 5.63. The van der Waals surface area contributed by atoms with Gasteiger partial charge in [-0.15, -0.1) is 0 Å². The van der Waals surface area contributed by atoms with Crippen LogP contribution in [-0.4, -0.2) is 24.5 Å². The van der Waals surface area contributed by atoms with E-state index in [1.54, 1.807) is 0 Å². The Labute approximate surface area is 121 Å². The lowest BCUT2D eigenvalue weighted by Gasteiger charge is -2.22. The highest BCUT2D eigenvalue weighted by Gasteiger charge is 2.37. The lowest BCUT2D eigenvalue weighted by atomic mass is 9.87. The second kappa shape index (κ2) is 5.06. The van der Waals surface area contributed by atoms with E-state index in [0.29, 0.717) is 0 Å². The number of hydrogen-bond acceptors (Lipinski definition) is 1. The van der Waals surface area contributed by atoms with Crippen molar-refractivity contribution >= 4 is 0 Å². The number of rotatable bonds is 3. The minimum atomic E-state index is 0.895. The third-order valence-electron chi connectivity index (χ3n) is 5.03. The van der Waals surface area contributed by atoms with Crippen LogP contribution in [0.1, 0.15) is 12.0 Å². The van der Waals surface area contributed by atoms with Crippen LogP contribution < -0.4 is 0 Å². The van der Waals surface area contributed by atoms with E-state index in [-0.39, 0.29) is 0 Å². The Bertz CT molecular complexity index is 572. The molecular weight excluding hydrogens is 242 g/mol. The molecule has 2 saturated heterocycles. The summed E-state index contributed by atoms with van der Waals surface area (Å²) in [4.78, 5) is 2.63. The van der Waals surface area contributed by atoms with Gasteiger partial charge in [-0.25, -0.2) is 0 Å². The van der Waals surface area contributed by atoms with Crippen molar-refractivity contribution in [3.63, 3.8) is 0 Å². The molecular formula is C19H21N. The van der Waals surface area contributed by atoms with E-state index in [1.165, 1.54) is 49.2 Å². The number of fused-ring (bicyclic) bond motifs is 2. The van der Waals surface area contributed by atoms with Crippen molar-refractivity contribution in [3.05, 3.63) is 60.2 Å². The van der Waals surface area contributed by atoms with Gasteiger partial charge < -0.3 is 4.90 Å². The second-order valence-electron chi connectivity index (χ2n) is 6.34.